The first kappa shape index (κ1) is 13.2. The number of amides is 1. The predicted octanol–water partition coefficient (Wildman–Crippen LogP) is 2.66. The lowest BCUT2D eigenvalue weighted by Crippen LogP contribution is -2.13. The molecule has 0 atom stereocenters. The average molecular weight is 235 g/mol. The van der Waals surface area contributed by atoms with Crippen molar-refractivity contribution >= 4 is 17.6 Å². The Balaban J connectivity index is 2.95. The van der Waals surface area contributed by atoms with Crippen LogP contribution in [-0.2, 0) is 9.59 Å². The van der Waals surface area contributed by atoms with E-state index in [-0.39, 0.29) is 11.9 Å². The molecule has 0 saturated heterocycles. The van der Waals surface area contributed by atoms with Gasteiger partial charge in [0.1, 0.15) is 0 Å². The quantitative estimate of drug-likeness (QED) is 0.644. The Hall–Kier alpha value is -1.84. The molecule has 1 rings (SSSR count). The molecule has 92 valence electrons. The molecule has 0 saturated carbocycles. The molecule has 0 aliphatic rings. The minimum Gasteiger partial charge on any atom is -0.424 e. The summed E-state index contributed by atoms with van der Waals surface area (Å²) in [4.78, 5) is 22.6. The first-order chi connectivity index (χ1) is 8.06. The summed E-state index contributed by atoms with van der Waals surface area (Å²) in [6.45, 7) is 5.39. The van der Waals surface area contributed by atoms with Crippen LogP contribution in [0.4, 0.5) is 5.69 Å². The fraction of sp³-hybridized carbons (Fsp3) is 0.385. The summed E-state index contributed by atoms with van der Waals surface area (Å²) < 4.78 is 5.17. The molecule has 0 unspecified atom stereocenters. The summed E-state index contributed by atoms with van der Waals surface area (Å²) in [6.07, 6.45) is 0.685. The molecule has 0 aliphatic carbocycles. The molecule has 1 aromatic rings. The lowest BCUT2D eigenvalue weighted by molar-refractivity contribution is -0.134. The van der Waals surface area contributed by atoms with Gasteiger partial charge in [-0.1, -0.05) is 19.9 Å². The Morgan fingerprint density at radius 1 is 1.24 bits per heavy atom. The standard InChI is InChI=1S/C13H17NO3/c1-4-12(15)14-10-7-6-9(3)8-11(10)17-13(16)5-2/h6-8H,4-5H2,1-3H3,(H,14,15). The van der Waals surface area contributed by atoms with Crippen LogP contribution in [0.3, 0.4) is 0 Å². The van der Waals surface area contributed by atoms with Crippen LogP contribution >= 0.6 is 0 Å². The minimum atomic E-state index is -0.317. The third-order valence-corrected chi connectivity index (χ3v) is 2.24. The highest BCUT2D eigenvalue weighted by atomic mass is 16.5. The van der Waals surface area contributed by atoms with Crippen LogP contribution in [0.5, 0.6) is 5.75 Å². The van der Waals surface area contributed by atoms with Gasteiger partial charge in [-0.25, -0.2) is 0 Å². The summed E-state index contributed by atoms with van der Waals surface area (Å²) in [5.41, 5.74) is 1.50. The Labute approximate surface area is 101 Å². The molecule has 0 fully saturated rings. The van der Waals surface area contributed by atoms with Crippen LogP contribution in [0.25, 0.3) is 0 Å². The van der Waals surface area contributed by atoms with Gasteiger partial charge in [-0.3, -0.25) is 9.59 Å². The lowest BCUT2D eigenvalue weighted by atomic mass is 10.2. The van der Waals surface area contributed by atoms with Crippen molar-refractivity contribution in [3.63, 3.8) is 0 Å². The highest BCUT2D eigenvalue weighted by Gasteiger charge is 2.10. The van der Waals surface area contributed by atoms with Gasteiger partial charge in [0, 0.05) is 12.8 Å². The smallest absolute Gasteiger partial charge is 0.310 e. The van der Waals surface area contributed by atoms with Crippen molar-refractivity contribution in [2.45, 2.75) is 33.6 Å². The van der Waals surface area contributed by atoms with Gasteiger partial charge in [0.25, 0.3) is 0 Å². The van der Waals surface area contributed by atoms with Gasteiger partial charge in [0.05, 0.1) is 5.69 Å². The van der Waals surface area contributed by atoms with E-state index in [1.54, 1.807) is 26.0 Å². The highest BCUT2D eigenvalue weighted by molar-refractivity contribution is 5.92. The topological polar surface area (TPSA) is 55.4 Å². The van der Waals surface area contributed by atoms with Crippen molar-refractivity contribution in [1.29, 1.82) is 0 Å². The number of aryl methyl sites for hydroxylation is 1. The van der Waals surface area contributed by atoms with Gasteiger partial charge in [0.15, 0.2) is 5.75 Å². The van der Waals surface area contributed by atoms with E-state index in [9.17, 15) is 9.59 Å². The number of benzene rings is 1. The molecular weight excluding hydrogens is 218 g/mol. The Morgan fingerprint density at radius 3 is 2.53 bits per heavy atom. The van der Waals surface area contributed by atoms with Crippen LogP contribution in [0.2, 0.25) is 0 Å². The molecule has 4 nitrogen and oxygen atoms in total. The zero-order chi connectivity index (χ0) is 12.8. The van der Waals surface area contributed by atoms with E-state index in [1.165, 1.54) is 0 Å². The van der Waals surface area contributed by atoms with E-state index in [2.05, 4.69) is 5.32 Å². The summed E-state index contributed by atoms with van der Waals surface area (Å²) in [5.74, 6) is -0.0242. The van der Waals surface area contributed by atoms with Gasteiger partial charge in [0.2, 0.25) is 5.91 Å². The lowest BCUT2D eigenvalue weighted by Gasteiger charge is -2.11. The van der Waals surface area contributed by atoms with Crippen LogP contribution in [0.15, 0.2) is 18.2 Å². The first-order valence-corrected chi connectivity index (χ1v) is 5.68. The van der Waals surface area contributed by atoms with E-state index < -0.39 is 0 Å². The van der Waals surface area contributed by atoms with E-state index in [0.717, 1.165) is 5.56 Å². The second-order valence-electron chi connectivity index (χ2n) is 3.73. The van der Waals surface area contributed by atoms with Crippen LogP contribution in [0.1, 0.15) is 32.3 Å². The molecule has 0 aromatic heterocycles. The fourth-order valence-corrected chi connectivity index (χ4v) is 1.25. The number of rotatable bonds is 4. The zero-order valence-corrected chi connectivity index (χ0v) is 10.4. The van der Waals surface area contributed by atoms with Crippen molar-refractivity contribution < 1.29 is 14.3 Å². The number of carbonyl (C=O) groups excluding carboxylic acids is 2. The number of nitrogens with one attached hydrogen (secondary N) is 1. The largest absolute Gasteiger partial charge is 0.424 e. The minimum absolute atomic E-state index is 0.109. The second kappa shape index (κ2) is 6.03. The maximum absolute atomic E-state index is 11.3. The van der Waals surface area contributed by atoms with E-state index >= 15 is 0 Å². The van der Waals surface area contributed by atoms with Crippen molar-refractivity contribution in [2.24, 2.45) is 0 Å². The van der Waals surface area contributed by atoms with E-state index in [0.29, 0.717) is 24.3 Å². The highest BCUT2D eigenvalue weighted by Crippen LogP contribution is 2.26. The Kier molecular flexibility index (Phi) is 4.69. The zero-order valence-electron chi connectivity index (χ0n) is 10.4. The number of anilines is 1. The summed E-state index contributed by atoms with van der Waals surface area (Å²) in [7, 11) is 0. The third-order valence-electron chi connectivity index (χ3n) is 2.24. The van der Waals surface area contributed by atoms with Gasteiger partial charge in [-0.2, -0.15) is 0 Å². The molecule has 0 aliphatic heterocycles. The molecule has 0 heterocycles. The maximum atomic E-state index is 11.3. The van der Waals surface area contributed by atoms with E-state index in [1.807, 2.05) is 13.0 Å². The fourth-order valence-electron chi connectivity index (χ4n) is 1.25. The number of carbonyl (C=O) groups is 2. The number of hydrogen-bond donors (Lipinski definition) is 1. The predicted molar refractivity (Wildman–Crippen MR) is 66.0 cm³/mol. The van der Waals surface area contributed by atoms with Gasteiger partial charge < -0.3 is 10.1 Å². The van der Waals surface area contributed by atoms with Crippen LogP contribution < -0.4 is 10.1 Å². The second-order valence-corrected chi connectivity index (χ2v) is 3.73. The summed E-state index contributed by atoms with van der Waals surface area (Å²) in [5, 5.41) is 2.70. The maximum Gasteiger partial charge on any atom is 0.310 e. The molecule has 17 heavy (non-hydrogen) atoms. The molecule has 0 spiro atoms. The van der Waals surface area contributed by atoms with Crippen LogP contribution in [0, 0.1) is 6.92 Å². The summed E-state index contributed by atoms with van der Waals surface area (Å²) in [6, 6.07) is 5.33. The molecule has 1 aromatic carbocycles. The number of hydrogen-bond acceptors (Lipinski definition) is 3. The van der Waals surface area contributed by atoms with Gasteiger partial charge in [-0.15, -0.1) is 0 Å². The van der Waals surface area contributed by atoms with Crippen molar-refractivity contribution in [1.82, 2.24) is 0 Å². The molecular formula is C13H17NO3. The SMILES string of the molecule is CCC(=O)Nc1ccc(C)cc1OC(=O)CC. The Bertz CT molecular complexity index is 427. The molecule has 0 radical (unpaired) electrons. The number of esters is 1. The van der Waals surface area contributed by atoms with Crippen molar-refractivity contribution in [2.75, 3.05) is 5.32 Å². The van der Waals surface area contributed by atoms with Crippen LogP contribution in [-0.4, -0.2) is 11.9 Å². The van der Waals surface area contributed by atoms with Gasteiger partial charge in [-0.05, 0) is 24.6 Å². The molecule has 1 N–H and O–H groups in total. The third kappa shape index (κ3) is 3.90. The Morgan fingerprint density at radius 2 is 1.94 bits per heavy atom. The average Bonchev–Trinajstić information content (AvgIpc) is 2.32. The monoisotopic (exact) mass is 235 g/mol. The normalized spacial score (nSPS) is 9.82. The van der Waals surface area contributed by atoms with E-state index in [4.69, 9.17) is 4.74 Å². The molecule has 1 amide bonds. The van der Waals surface area contributed by atoms with Gasteiger partial charge >= 0.3 is 5.97 Å². The number of ether oxygens (including phenoxy) is 1. The van der Waals surface area contributed by atoms with Crippen molar-refractivity contribution in [3.05, 3.63) is 23.8 Å². The summed E-state index contributed by atoms with van der Waals surface area (Å²) >= 11 is 0. The first-order valence-electron chi connectivity index (χ1n) is 5.68. The molecule has 0 bridgehead atoms. The molecule has 4 heteroatoms. The van der Waals surface area contributed by atoms with Crippen molar-refractivity contribution in [3.8, 4) is 5.75 Å².